The Labute approximate surface area is 103 Å². The molecule has 0 atom stereocenters. The molecule has 0 radical (unpaired) electrons. The molecule has 15 heavy (non-hydrogen) atoms. The molecule has 0 amide bonds. The number of hydrogen-bond donors (Lipinski definition) is 0. The summed E-state index contributed by atoms with van der Waals surface area (Å²) in [5.41, 5.74) is 0.777. The predicted molar refractivity (Wildman–Crippen MR) is 66.7 cm³/mol. The molecule has 1 rings (SSSR count). The number of thioether (sulfide) groups is 1. The van der Waals surface area contributed by atoms with Crippen LogP contribution in [0.3, 0.4) is 0 Å². The van der Waals surface area contributed by atoms with Crippen LogP contribution in [0.2, 0.25) is 0 Å². The summed E-state index contributed by atoms with van der Waals surface area (Å²) in [6, 6.07) is 5.70. The molecular weight excluding hydrogens is 276 g/mol. The highest BCUT2D eigenvalue weighted by molar-refractivity contribution is 9.10. The lowest BCUT2D eigenvalue weighted by atomic mass is 10.1. The van der Waals surface area contributed by atoms with Crippen LogP contribution < -0.4 is 0 Å². The molecule has 0 spiro atoms. The molecule has 2 nitrogen and oxygen atoms in total. The second-order valence-electron chi connectivity index (χ2n) is 3.04. The van der Waals surface area contributed by atoms with Crippen molar-refractivity contribution in [3.05, 3.63) is 28.2 Å². The average Bonchev–Trinajstić information content (AvgIpc) is 2.18. The Bertz CT molecular complexity index is 352. The van der Waals surface area contributed by atoms with Crippen LogP contribution in [0, 0.1) is 0 Å². The second kappa shape index (κ2) is 6.30. The lowest BCUT2D eigenvalue weighted by molar-refractivity contribution is 0.101. The van der Waals surface area contributed by atoms with Crippen molar-refractivity contribution in [2.24, 2.45) is 0 Å². The number of ketones is 1. The van der Waals surface area contributed by atoms with Gasteiger partial charge in [-0.1, -0.05) is 15.9 Å². The van der Waals surface area contributed by atoms with Crippen LogP contribution in [-0.4, -0.2) is 25.3 Å². The minimum atomic E-state index is 0.0995. The summed E-state index contributed by atoms with van der Waals surface area (Å²) in [6.45, 7) is 2.28. The maximum absolute atomic E-state index is 11.4. The third-order valence-electron chi connectivity index (χ3n) is 1.87. The molecule has 0 heterocycles. The summed E-state index contributed by atoms with van der Waals surface area (Å²) < 4.78 is 5.97. The molecule has 82 valence electrons. The van der Waals surface area contributed by atoms with Gasteiger partial charge in [0.2, 0.25) is 0 Å². The van der Waals surface area contributed by atoms with E-state index in [1.165, 1.54) is 0 Å². The Kier molecular flexibility index (Phi) is 5.36. The number of carbonyl (C=O) groups is 1. The highest BCUT2D eigenvalue weighted by Crippen LogP contribution is 2.26. The normalized spacial score (nSPS) is 10.3. The molecule has 0 saturated heterocycles. The zero-order chi connectivity index (χ0) is 11.3. The smallest absolute Gasteiger partial charge is 0.160 e. The Morgan fingerprint density at radius 1 is 1.53 bits per heavy atom. The zero-order valence-corrected chi connectivity index (χ0v) is 11.2. The summed E-state index contributed by atoms with van der Waals surface area (Å²) in [5, 5.41) is 0. The second-order valence-corrected chi connectivity index (χ2v) is 5.09. The first kappa shape index (κ1) is 12.7. The van der Waals surface area contributed by atoms with E-state index in [1.54, 1.807) is 25.8 Å². The van der Waals surface area contributed by atoms with Crippen LogP contribution >= 0.6 is 27.7 Å². The molecule has 0 aliphatic heterocycles. The predicted octanol–water partition coefficient (Wildman–Crippen LogP) is 3.39. The number of hydrogen-bond acceptors (Lipinski definition) is 3. The van der Waals surface area contributed by atoms with Gasteiger partial charge >= 0.3 is 0 Å². The molecule has 1 aromatic carbocycles. The van der Waals surface area contributed by atoms with Crippen molar-refractivity contribution < 1.29 is 9.53 Å². The van der Waals surface area contributed by atoms with Gasteiger partial charge in [-0.05, 0) is 25.1 Å². The molecule has 0 aromatic heterocycles. The van der Waals surface area contributed by atoms with Crippen LogP contribution in [0.4, 0.5) is 0 Å². The fraction of sp³-hybridized carbons (Fsp3) is 0.364. The summed E-state index contributed by atoms with van der Waals surface area (Å²) in [6.07, 6.45) is 0. The van der Waals surface area contributed by atoms with Crippen molar-refractivity contribution in [3.63, 3.8) is 0 Å². The van der Waals surface area contributed by atoms with Crippen molar-refractivity contribution in [1.82, 2.24) is 0 Å². The van der Waals surface area contributed by atoms with E-state index < -0.39 is 0 Å². The van der Waals surface area contributed by atoms with E-state index in [2.05, 4.69) is 15.9 Å². The average molecular weight is 289 g/mol. The van der Waals surface area contributed by atoms with Gasteiger partial charge in [0.1, 0.15) is 0 Å². The summed E-state index contributed by atoms with van der Waals surface area (Å²) in [7, 11) is 1.67. The van der Waals surface area contributed by atoms with Crippen LogP contribution in [0.5, 0.6) is 0 Å². The van der Waals surface area contributed by atoms with Crippen LogP contribution in [0.15, 0.2) is 27.6 Å². The lowest BCUT2D eigenvalue weighted by Gasteiger charge is -2.06. The van der Waals surface area contributed by atoms with E-state index in [0.29, 0.717) is 6.61 Å². The fourth-order valence-corrected chi connectivity index (χ4v) is 2.70. The Morgan fingerprint density at radius 2 is 2.27 bits per heavy atom. The van der Waals surface area contributed by atoms with Crippen molar-refractivity contribution >= 4 is 33.5 Å². The molecule has 0 saturated carbocycles. The van der Waals surface area contributed by atoms with E-state index in [4.69, 9.17) is 4.74 Å². The van der Waals surface area contributed by atoms with Gasteiger partial charge in [0.25, 0.3) is 0 Å². The number of ether oxygens (including phenoxy) is 1. The van der Waals surface area contributed by atoms with Crippen molar-refractivity contribution in [2.45, 2.75) is 11.8 Å². The SMILES string of the molecule is COCCSc1cc(Br)ccc1C(C)=O. The maximum atomic E-state index is 11.4. The molecule has 1 aromatic rings. The number of methoxy groups -OCH3 is 1. The van der Waals surface area contributed by atoms with Gasteiger partial charge in [-0.15, -0.1) is 11.8 Å². The Hall–Kier alpha value is -0.320. The standard InChI is InChI=1S/C11H13BrO2S/c1-8(13)10-4-3-9(12)7-11(10)15-6-5-14-2/h3-4,7H,5-6H2,1-2H3. The van der Waals surface area contributed by atoms with Gasteiger partial charge in [-0.3, -0.25) is 4.79 Å². The van der Waals surface area contributed by atoms with Gasteiger partial charge < -0.3 is 4.74 Å². The largest absolute Gasteiger partial charge is 0.384 e. The van der Waals surface area contributed by atoms with E-state index >= 15 is 0 Å². The number of rotatable bonds is 5. The highest BCUT2D eigenvalue weighted by atomic mass is 79.9. The number of Topliss-reactive ketones (excluding diaryl/α,β-unsaturated/α-hetero) is 1. The van der Waals surface area contributed by atoms with Gasteiger partial charge in [0, 0.05) is 27.8 Å². The minimum Gasteiger partial charge on any atom is -0.384 e. The van der Waals surface area contributed by atoms with Crippen LogP contribution in [-0.2, 0) is 4.74 Å². The lowest BCUT2D eigenvalue weighted by Crippen LogP contribution is -1.97. The molecule has 0 aliphatic carbocycles. The number of carbonyl (C=O) groups excluding carboxylic acids is 1. The first-order valence-corrected chi connectivity index (χ1v) is 6.35. The highest BCUT2D eigenvalue weighted by Gasteiger charge is 2.07. The fourth-order valence-electron chi connectivity index (χ4n) is 1.14. The topological polar surface area (TPSA) is 26.3 Å². The van der Waals surface area contributed by atoms with Crippen molar-refractivity contribution in [1.29, 1.82) is 0 Å². The monoisotopic (exact) mass is 288 g/mol. The first-order chi connectivity index (χ1) is 7.15. The maximum Gasteiger partial charge on any atom is 0.160 e. The van der Waals surface area contributed by atoms with E-state index in [1.807, 2.05) is 18.2 Å². The van der Waals surface area contributed by atoms with Crippen molar-refractivity contribution in [3.8, 4) is 0 Å². The van der Waals surface area contributed by atoms with E-state index in [-0.39, 0.29) is 5.78 Å². The zero-order valence-electron chi connectivity index (χ0n) is 8.75. The molecule has 4 heteroatoms. The van der Waals surface area contributed by atoms with E-state index in [9.17, 15) is 4.79 Å². The van der Waals surface area contributed by atoms with Gasteiger partial charge in [0.05, 0.1) is 6.61 Å². The van der Waals surface area contributed by atoms with Crippen LogP contribution in [0.1, 0.15) is 17.3 Å². The third-order valence-corrected chi connectivity index (χ3v) is 3.38. The minimum absolute atomic E-state index is 0.0995. The van der Waals surface area contributed by atoms with Crippen molar-refractivity contribution in [2.75, 3.05) is 19.5 Å². The molecule has 0 unspecified atom stereocenters. The molecular formula is C11H13BrO2S. The molecule has 0 aliphatic rings. The van der Waals surface area contributed by atoms with E-state index in [0.717, 1.165) is 20.7 Å². The Balaban J connectivity index is 2.82. The van der Waals surface area contributed by atoms with Crippen LogP contribution in [0.25, 0.3) is 0 Å². The van der Waals surface area contributed by atoms with Gasteiger partial charge in [-0.25, -0.2) is 0 Å². The third kappa shape index (κ3) is 3.97. The van der Waals surface area contributed by atoms with Gasteiger partial charge in [-0.2, -0.15) is 0 Å². The quantitative estimate of drug-likeness (QED) is 0.472. The summed E-state index contributed by atoms with van der Waals surface area (Å²) >= 11 is 5.04. The number of halogens is 1. The Morgan fingerprint density at radius 3 is 2.87 bits per heavy atom. The summed E-state index contributed by atoms with van der Waals surface area (Å²) in [4.78, 5) is 12.4. The first-order valence-electron chi connectivity index (χ1n) is 4.57. The number of benzene rings is 1. The molecule has 0 bridgehead atoms. The summed E-state index contributed by atoms with van der Waals surface area (Å²) in [5.74, 6) is 0.954. The molecule has 0 N–H and O–H groups in total. The molecule has 0 fully saturated rings. The van der Waals surface area contributed by atoms with Gasteiger partial charge in [0.15, 0.2) is 5.78 Å².